The first-order valence-electron chi connectivity index (χ1n) is 6.53. The van der Waals surface area contributed by atoms with Crippen LogP contribution in [0.25, 0.3) is 0 Å². The van der Waals surface area contributed by atoms with Gasteiger partial charge in [-0.3, -0.25) is 4.79 Å². The van der Waals surface area contributed by atoms with Gasteiger partial charge in [-0.1, -0.05) is 0 Å². The number of ether oxygens (including phenoxy) is 2. The van der Waals surface area contributed by atoms with Crippen molar-refractivity contribution >= 4 is 5.78 Å². The fourth-order valence-corrected chi connectivity index (χ4v) is 1.43. The third-order valence-corrected chi connectivity index (χ3v) is 2.24. The van der Waals surface area contributed by atoms with Gasteiger partial charge in [0.05, 0.1) is 5.60 Å². The highest BCUT2D eigenvalue weighted by Crippen LogP contribution is 2.19. The van der Waals surface area contributed by atoms with Gasteiger partial charge in [0.25, 0.3) is 0 Å². The van der Waals surface area contributed by atoms with Crippen LogP contribution in [-0.4, -0.2) is 23.6 Å². The van der Waals surface area contributed by atoms with Crippen molar-refractivity contribution in [2.45, 2.75) is 52.7 Å². The second kappa shape index (κ2) is 5.74. The van der Waals surface area contributed by atoms with E-state index >= 15 is 0 Å². The van der Waals surface area contributed by atoms with Gasteiger partial charge < -0.3 is 9.47 Å². The molecule has 19 heavy (non-hydrogen) atoms. The van der Waals surface area contributed by atoms with E-state index in [2.05, 4.69) is 0 Å². The molecule has 1 aromatic rings. The van der Waals surface area contributed by atoms with Gasteiger partial charge in [-0.05, 0) is 65.8 Å². The Hall–Kier alpha value is -1.35. The second-order valence-electron chi connectivity index (χ2n) is 6.56. The summed E-state index contributed by atoms with van der Waals surface area (Å²) < 4.78 is 11.2. The molecule has 0 saturated heterocycles. The molecule has 0 radical (unpaired) electrons. The van der Waals surface area contributed by atoms with E-state index in [0.717, 1.165) is 5.75 Å². The average molecular weight is 264 g/mol. The Morgan fingerprint density at radius 1 is 0.947 bits per heavy atom. The quantitative estimate of drug-likeness (QED) is 0.775. The fraction of sp³-hybridized carbons (Fsp3) is 0.562. The van der Waals surface area contributed by atoms with Crippen LogP contribution in [-0.2, 0) is 4.74 Å². The lowest BCUT2D eigenvalue weighted by Gasteiger charge is -2.21. The second-order valence-corrected chi connectivity index (χ2v) is 6.56. The number of carbonyl (C=O) groups is 1. The maximum Gasteiger partial charge on any atom is 0.188 e. The number of hydrogen-bond acceptors (Lipinski definition) is 3. The zero-order valence-electron chi connectivity index (χ0n) is 12.7. The normalized spacial score (nSPS) is 12.3. The Kier molecular flexibility index (Phi) is 4.75. The third-order valence-electron chi connectivity index (χ3n) is 2.24. The van der Waals surface area contributed by atoms with Crippen molar-refractivity contribution in [2.24, 2.45) is 0 Å². The van der Waals surface area contributed by atoms with E-state index in [0.29, 0.717) is 5.56 Å². The summed E-state index contributed by atoms with van der Waals surface area (Å²) in [5.41, 5.74) is 0.108. The molecule has 0 heterocycles. The van der Waals surface area contributed by atoms with Crippen LogP contribution < -0.4 is 4.74 Å². The number of ketones is 1. The molecule has 0 fully saturated rings. The molecule has 0 aliphatic carbocycles. The summed E-state index contributed by atoms with van der Waals surface area (Å²) in [7, 11) is 0. The van der Waals surface area contributed by atoms with Gasteiger partial charge in [0.2, 0.25) is 0 Å². The first-order valence-corrected chi connectivity index (χ1v) is 6.53. The number of hydrogen-bond donors (Lipinski definition) is 0. The SMILES string of the molecule is CC(C)(C)OCC(=O)c1ccc(OC(C)(C)C)cc1. The Morgan fingerprint density at radius 3 is 1.89 bits per heavy atom. The van der Waals surface area contributed by atoms with E-state index in [1.807, 2.05) is 53.7 Å². The minimum Gasteiger partial charge on any atom is -0.488 e. The Balaban J connectivity index is 2.63. The molecule has 1 aromatic carbocycles. The fourth-order valence-electron chi connectivity index (χ4n) is 1.43. The van der Waals surface area contributed by atoms with Crippen molar-refractivity contribution in [2.75, 3.05) is 6.61 Å². The first kappa shape index (κ1) is 15.7. The number of Topliss-reactive ketones (excluding diaryl/α,β-unsaturated/α-hetero) is 1. The van der Waals surface area contributed by atoms with Crippen LogP contribution in [0.5, 0.6) is 5.75 Å². The molecule has 0 bridgehead atoms. The van der Waals surface area contributed by atoms with E-state index in [9.17, 15) is 4.79 Å². The summed E-state index contributed by atoms with van der Waals surface area (Å²) in [6.45, 7) is 11.9. The lowest BCUT2D eigenvalue weighted by molar-refractivity contribution is 0.00306. The van der Waals surface area contributed by atoms with Crippen molar-refractivity contribution in [3.8, 4) is 5.75 Å². The Labute approximate surface area is 115 Å². The lowest BCUT2D eigenvalue weighted by Crippen LogP contribution is -2.24. The van der Waals surface area contributed by atoms with Crippen LogP contribution in [0.1, 0.15) is 51.9 Å². The van der Waals surface area contributed by atoms with Crippen LogP contribution in [0, 0.1) is 0 Å². The van der Waals surface area contributed by atoms with Gasteiger partial charge >= 0.3 is 0 Å². The third kappa shape index (κ3) is 6.39. The summed E-state index contributed by atoms with van der Waals surface area (Å²) in [6, 6.07) is 7.18. The summed E-state index contributed by atoms with van der Waals surface area (Å²) >= 11 is 0. The summed E-state index contributed by atoms with van der Waals surface area (Å²) in [6.07, 6.45) is 0. The van der Waals surface area contributed by atoms with Crippen molar-refractivity contribution in [3.63, 3.8) is 0 Å². The minimum atomic E-state index is -0.301. The van der Waals surface area contributed by atoms with E-state index < -0.39 is 0 Å². The largest absolute Gasteiger partial charge is 0.488 e. The molecule has 3 heteroatoms. The summed E-state index contributed by atoms with van der Waals surface area (Å²) in [5.74, 6) is 0.748. The monoisotopic (exact) mass is 264 g/mol. The molecule has 0 saturated carbocycles. The molecular weight excluding hydrogens is 240 g/mol. The van der Waals surface area contributed by atoms with E-state index in [4.69, 9.17) is 9.47 Å². The zero-order valence-corrected chi connectivity index (χ0v) is 12.7. The van der Waals surface area contributed by atoms with Gasteiger partial charge in [0.1, 0.15) is 18.0 Å². The molecule has 0 atom stereocenters. The van der Waals surface area contributed by atoms with Crippen molar-refractivity contribution in [1.29, 1.82) is 0 Å². The predicted molar refractivity (Wildman–Crippen MR) is 76.9 cm³/mol. The van der Waals surface area contributed by atoms with Crippen LogP contribution in [0.15, 0.2) is 24.3 Å². The maximum absolute atomic E-state index is 11.9. The smallest absolute Gasteiger partial charge is 0.188 e. The van der Waals surface area contributed by atoms with Gasteiger partial charge in [0, 0.05) is 5.56 Å². The van der Waals surface area contributed by atoms with Crippen molar-refractivity contribution in [3.05, 3.63) is 29.8 Å². The molecule has 0 N–H and O–H groups in total. The van der Waals surface area contributed by atoms with Crippen LogP contribution in [0.2, 0.25) is 0 Å². The molecule has 0 unspecified atom stereocenters. The molecule has 1 rings (SSSR count). The molecule has 0 spiro atoms. The topological polar surface area (TPSA) is 35.5 Å². The number of carbonyl (C=O) groups excluding carboxylic acids is 1. The number of rotatable bonds is 4. The standard InChI is InChI=1S/C16H24O3/c1-15(2,3)18-11-14(17)12-7-9-13(10-8-12)19-16(4,5)6/h7-10H,11H2,1-6H3. The molecule has 0 aromatic heterocycles. The van der Waals surface area contributed by atoms with Gasteiger partial charge in [0.15, 0.2) is 5.78 Å². The average Bonchev–Trinajstić information content (AvgIpc) is 2.23. The van der Waals surface area contributed by atoms with E-state index in [1.165, 1.54) is 0 Å². The van der Waals surface area contributed by atoms with Crippen LogP contribution >= 0.6 is 0 Å². The molecule has 106 valence electrons. The number of benzene rings is 1. The highest BCUT2D eigenvalue weighted by atomic mass is 16.5. The van der Waals surface area contributed by atoms with Gasteiger partial charge in [-0.15, -0.1) is 0 Å². The Morgan fingerprint density at radius 2 is 1.47 bits per heavy atom. The van der Waals surface area contributed by atoms with E-state index in [1.54, 1.807) is 12.1 Å². The first-order chi connectivity index (χ1) is 8.57. The Bertz CT molecular complexity index is 419. The molecule has 0 aliphatic heterocycles. The predicted octanol–water partition coefficient (Wildman–Crippen LogP) is 3.86. The van der Waals surface area contributed by atoms with Crippen LogP contribution in [0.4, 0.5) is 0 Å². The highest BCUT2D eigenvalue weighted by Gasteiger charge is 2.15. The minimum absolute atomic E-state index is 0.0165. The van der Waals surface area contributed by atoms with Crippen molar-refractivity contribution < 1.29 is 14.3 Å². The molecule has 3 nitrogen and oxygen atoms in total. The van der Waals surface area contributed by atoms with E-state index in [-0.39, 0.29) is 23.6 Å². The zero-order chi connectivity index (χ0) is 14.7. The summed E-state index contributed by atoms with van der Waals surface area (Å²) in [4.78, 5) is 11.9. The maximum atomic E-state index is 11.9. The molecule has 0 amide bonds. The highest BCUT2D eigenvalue weighted by molar-refractivity contribution is 5.97. The van der Waals surface area contributed by atoms with Crippen LogP contribution in [0.3, 0.4) is 0 Å². The molecular formula is C16H24O3. The van der Waals surface area contributed by atoms with Crippen molar-refractivity contribution in [1.82, 2.24) is 0 Å². The lowest BCUT2D eigenvalue weighted by atomic mass is 10.1. The molecule has 0 aliphatic rings. The van der Waals surface area contributed by atoms with Gasteiger partial charge in [-0.25, -0.2) is 0 Å². The van der Waals surface area contributed by atoms with Gasteiger partial charge in [-0.2, -0.15) is 0 Å². The summed E-state index contributed by atoms with van der Waals surface area (Å²) in [5, 5.41) is 0.